The van der Waals surface area contributed by atoms with Gasteiger partial charge in [0.05, 0.1) is 13.2 Å². The van der Waals surface area contributed by atoms with Gasteiger partial charge in [0.1, 0.15) is 0 Å². The van der Waals surface area contributed by atoms with Crippen molar-refractivity contribution in [3.63, 3.8) is 0 Å². The molecule has 0 unspecified atom stereocenters. The molecule has 2 N–H and O–H groups in total. The number of esters is 1. The maximum Gasteiger partial charge on any atom is 0.340 e. The van der Waals surface area contributed by atoms with Crippen LogP contribution in [-0.2, 0) is 16.0 Å². The lowest BCUT2D eigenvalue weighted by atomic mass is 9.83. The molecule has 0 heterocycles. The van der Waals surface area contributed by atoms with Gasteiger partial charge in [-0.1, -0.05) is 78.9 Å². The van der Waals surface area contributed by atoms with Crippen LogP contribution in [0.4, 0.5) is 0 Å². The van der Waals surface area contributed by atoms with Crippen LogP contribution in [0, 0.1) is 0 Å². The number of ether oxygens (including phenoxy) is 1. The summed E-state index contributed by atoms with van der Waals surface area (Å²) in [4.78, 5) is 25.6. The summed E-state index contributed by atoms with van der Waals surface area (Å²) in [6.07, 6.45) is -0.0187. The highest BCUT2D eigenvalue weighted by Crippen LogP contribution is 2.31. The highest BCUT2D eigenvalue weighted by atomic mass is 16.5. The molecule has 0 aliphatic rings. The molecule has 5 heteroatoms. The quantitative estimate of drug-likeness (QED) is 0.608. The van der Waals surface area contributed by atoms with Gasteiger partial charge < -0.3 is 15.2 Å². The number of nitrogens with one attached hydrogen (secondary N) is 1. The molecule has 0 fully saturated rings. The van der Waals surface area contributed by atoms with Crippen LogP contribution < -0.4 is 5.32 Å². The third kappa shape index (κ3) is 4.70. The molecule has 0 spiro atoms. The van der Waals surface area contributed by atoms with Gasteiger partial charge in [0, 0.05) is 12.0 Å². The van der Waals surface area contributed by atoms with Gasteiger partial charge in [-0.05, 0) is 23.3 Å². The molecule has 3 aromatic rings. The molecular formula is C24H23NO4. The first-order valence-electron chi connectivity index (χ1n) is 9.30. The van der Waals surface area contributed by atoms with E-state index in [1.54, 1.807) is 48.5 Å². The summed E-state index contributed by atoms with van der Waals surface area (Å²) in [5, 5.41) is 14.4. The lowest BCUT2D eigenvalue weighted by Crippen LogP contribution is -2.53. The van der Waals surface area contributed by atoms with E-state index < -0.39 is 23.5 Å². The molecule has 0 aliphatic heterocycles. The number of aliphatic hydroxyl groups is 1. The van der Waals surface area contributed by atoms with Crippen molar-refractivity contribution in [2.24, 2.45) is 0 Å². The first-order valence-corrected chi connectivity index (χ1v) is 9.30. The number of carbonyl (C=O) groups excluding carboxylic acids is 2. The Morgan fingerprint density at radius 2 is 1.41 bits per heavy atom. The number of methoxy groups -OCH3 is 1. The van der Waals surface area contributed by atoms with Crippen LogP contribution in [-0.4, -0.2) is 29.7 Å². The van der Waals surface area contributed by atoms with Crippen molar-refractivity contribution in [3.05, 3.63) is 108 Å². The van der Waals surface area contributed by atoms with Crippen LogP contribution in [0.15, 0.2) is 91.0 Å². The van der Waals surface area contributed by atoms with E-state index in [4.69, 9.17) is 4.74 Å². The van der Waals surface area contributed by atoms with Crippen molar-refractivity contribution >= 4 is 11.9 Å². The van der Waals surface area contributed by atoms with E-state index in [1.165, 1.54) is 7.11 Å². The zero-order valence-corrected chi connectivity index (χ0v) is 16.1. The van der Waals surface area contributed by atoms with E-state index in [1.807, 2.05) is 42.5 Å². The summed E-state index contributed by atoms with van der Waals surface area (Å²) in [6, 6.07) is 25.7. The van der Waals surface area contributed by atoms with Gasteiger partial charge in [0.25, 0.3) is 5.91 Å². The van der Waals surface area contributed by atoms with E-state index >= 15 is 0 Å². The Kier molecular flexibility index (Phi) is 6.42. The first-order chi connectivity index (χ1) is 14.0. The standard InChI is InChI=1S/C24H23NO4/c1-29-23(27)24(28,17-18-11-5-2-6-12-18)21(19-13-7-3-8-14-19)25-22(26)20-15-9-4-10-16-20/h2-16,21,28H,17H2,1H3,(H,25,26)/t21-,24+/m1/s1. The second-order valence-electron chi connectivity index (χ2n) is 6.76. The molecule has 0 radical (unpaired) electrons. The number of hydrogen-bond acceptors (Lipinski definition) is 4. The third-order valence-corrected chi connectivity index (χ3v) is 4.78. The monoisotopic (exact) mass is 389 g/mol. The average molecular weight is 389 g/mol. The van der Waals surface area contributed by atoms with Gasteiger partial charge in [-0.15, -0.1) is 0 Å². The fourth-order valence-electron chi connectivity index (χ4n) is 3.30. The molecule has 0 saturated carbocycles. The van der Waals surface area contributed by atoms with Crippen molar-refractivity contribution in [1.82, 2.24) is 5.32 Å². The average Bonchev–Trinajstić information content (AvgIpc) is 2.78. The molecule has 0 bridgehead atoms. The van der Waals surface area contributed by atoms with E-state index in [2.05, 4.69) is 5.32 Å². The van der Waals surface area contributed by atoms with Crippen LogP contribution in [0.2, 0.25) is 0 Å². The molecular weight excluding hydrogens is 366 g/mol. The Morgan fingerprint density at radius 1 is 0.897 bits per heavy atom. The first kappa shape index (κ1) is 20.3. The van der Waals surface area contributed by atoms with Gasteiger partial charge in [-0.3, -0.25) is 4.79 Å². The normalized spacial score (nSPS) is 13.7. The molecule has 0 aromatic heterocycles. The molecule has 0 saturated heterocycles. The highest BCUT2D eigenvalue weighted by molar-refractivity contribution is 5.95. The van der Waals surface area contributed by atoms with Gasteiger partial charge >= 0.3 is 5.97 Å². The molecule has 2 atom stereocenters. The van der Waals surface area contributed by atoms with E-state index in [0.717, 1.165) is 5.56 Å². The lowest BCUT2D eigenvalue weighted by molar-refractivity contribution is -0.165. The van der Waals surface area contributed by atoms with E-state index in [9.17, 15) is 14.7 Å². The smallest absolute Gasteiger partial charge is 0.340 e. The Hall–Kier alpha value is -3.44. The molecule has 3 aromatic carbocycles. The number of amides is 1. The molecule has 3 rings (SSSR count). The fourth-order valence-corrected chi connectivity index (χ4v) is 3.30. The Bertz CT molecular complexity index is 944. The van der Waals surface area contributed by atoms with Gasteiger partial charge in [-0.25, -0.2) is 4.79 Å². The van der Waals surface area contributed by atoms with Crippen LogP contribution in [0.3, 0.4) is 0 Å². The fraction of sp³-hybridized carbons (Fsp3) is 0.167. The Balaban J connectivity index is 2.03. The summed E-state index contributed by atoms with van der Waals surface area (Å²) >= 11 is 0. The van der Waals surface area contributed by atoms with Gasteiger partial charge in [0.15, 0.2) is 5.60 Å². The SMILES string of the molecule is COC(=O)[C@](O)(Cc1ccccc1)[C@H](NC(=O)c1ccccc1)c1ccccc1. The summed E-state index contributed by atoms with van der Waals surface area (Å²) in [5.74, 6) is -1.21. The maximum atomic E-state index is 12.9. The van der Waals surface area contributed by atoms with Crippen molar-refractivity contribution < 1.29 is 19.4 Å². The van der Waals surface area contributed by atoms with Gasteiger partial charge in [-0.2, -0.15) is 0 Å². The number of benzene rings is 3. The molecule has 1 amide bonds. The summed E-state index contributed by atoms with van der Waals surface area (Å²) in [6.45, 7) is 0. The minimum atomic E-state index is -2.00. The second-order valence-corrected chi connectivity index (χ2v) is 6.76. The second kappa shape index (κ2) is 9.17. The molecule has 148 valence electrons. The van der Waals surface area contributed by atoms with Gasteiger partial charge in [0.2, 0.25) is 0 Å². The molecule has 0 aliphatic carbocycles. The zero-order valence-electron chi connectivity index (χ0n) is 16.1. The summed E-state index contributed by atoms with van der Waals surface area (Å²) in [7, 11) is 1.22. The largest absolute Gasteiger partial charge is 0.467 e. The third-order valence-electron chi connectivity index (χ3n) is 4.78. The number of rotatable bonds is 7. The maximum absolute atomic E-state index is 12.9. The van der Waals surface area contributed by atoms with Crippen LogP contribution in [0.1, 0.15) is 27.5 Å². The van der Waals surface area contributed by atoms with Crippen molar-refractivity contribution in [3.8, 4) is 0 Å². The van der Waals surface area contributed by atoms with Crippen LogP contribution >= 0.6 is 0 Å². The lowest BCUT2D eigenvalue weighted by Gasteiger charge is -2.34. The Labute approximate surface area is 170 Å². The van der Waals surface area contributed by atoms with Crippen molar-refractivity contribution in [1.29, 1.82) is 0 Å². The predicted molar refractivity (Wildman–Crippen MR) is 110 cm³/mol. The Morgan fingerprint density at radius 3 is 1.97 bits per heavy atom. The summed E-state index contributed by atoms with van der Waals surface area (Å²) in [5.41, 5.74) is -0.224. The van der Waals surface area contributed by atoms with Crippen LogP contribution in [0.5, 0.6) is 0 Å². The molecule has 29 heavy (non-hydrogen) atoms. The minimum Gasteiger partial charge on any atom is -0.467 e. The van der Waals surface area contributed by atoms with Crippen molar-refractivity contribution in [2.45, 2.75) is 18.1 Å². The van der Waals surface area contributed by atoms with Crippen molar-refractivity contribution in [2.75, 3.05) is 7.11 Å². The number of hydrogen-bond donors (Lipinski definition) is 2. The predicted octanol–water partition coefficient (Wildman–Crippen LogP) is 3.30. The van der Waals surface area contributed by atoms with E-state index in [-0.39, 0.29) is 6.42 Å². The molecule has 5 nitrogen and oxygen atoms in total. The minimum absolute atomic E-state index is 0.0187. The topological polar surface area (TPSA) is 75.6 Å². The van der Waals surface area contributed by atoms with Crippen LogP contribution in [0.25, 0.3) is 0 Å². The zero-order chi connectivity index (χ0) is 20.7. The summed E-state index contributed by atoms with van der Waals surface area (Å²) < 4.78 is 4.94. The number of carbonyl (C=O) groups is 2. The van der Waals surface area contributed by atoms with E-state index in [0.29, 0.717) is 11.1 Å². The highest BCUT2D eigenvalue weighted by Gasteiger charge is 2.47.